The van der Waals surface area contributed by atoms with Crippen LogP contribution in [0.5, 0.6) is 0 Å². The van der Waals surface area contributed by atoms with Gasteiger partial charge in [-0.25, -0.2) is 0 Å². The molecule has 0 aromatic heterocycles. The normalized spacial score (nSPS) is 9.89. The summed E-state index contributed by atoms with van der Waals surface area (Å²) in [6, 6.07) is 12.7. The van der Waals surface area contributed by atoms with E-state index in [9.17, 15) is 9.59 Å². The molecule has 0 unspecified atom stereocenters. The topological polar surface area (TPSA) is 82.3 Å². The fourth-order valence-corrected chi connectivity index (χ4v) is 2.83. The summed E-state index contributed by atoms with van der Waals surface area (Å²) in [4.78, 5) is 23.3. The van der Waals surface area contributed by atoms with E-state index in [0.29, 0.717) is 16.9 Å². The highest BCUT2D eigenvalue weighted by molar-refractivity contribution is 7.80. The van der Waals surface area contributed by atoms with Crippen LogP contribution in [0.15, 0.2) is 42.5 Å². The molecule has 140 valence electrons. The largest absolute Gasteiger partial charge is 0.332 e. The van der Waals surface area contributed by atoms with E-state index in [-0.39, 0.29) is 22.0 Å². The van der Waals surface area contributed by atoms with Crippen molar-refractivity contribution in [1.29, 1.82) is 0 Å². The van der Waals surface area contributed by atoms with Crippen LogP contribution in [-0.4, -0.2) is 22.0 Å². The molecule has 0 aliphatic carbocycles. The predicted octanol–water partition coefficient (Wildman–Crippen LogP) is 3.26. The molecule has 0 heterocycles. The van der Waals surface area contributed by atoms with Crippen LogP contribution in [0.2, 0.25) is 0 Å². The van der Waals surface area contributed by atoms with Gasteiger partial charge in [0, 0.05) is 23.9 Å². The van der Waals surface area contributed by atoms with E-state index in [2.05, 4.69) is 21.3 Å². The number of carbonyl (C=O) groups is 2. The van der Waals surface area contributed by atoms with E-state index in [1.165, 1.54) is 6.92 Å². The molecule has 2 aromatic carbocycles. The molecular weight excluding hydrogens is 380 g/mol. The van der Waals surface area contributed by atoms with E-state index >= 15 is 0 Å². The third kappa shape index (κ3) is 6.43. The molecule has 2 rings (SSSR count). The Hall–Kier alpha value is -2.84. The number of benzene rings is 2. The first-order valence-corrected chi connectivity index (χ1v) is 8.94. The van der Waals surface area contributed by atoms with Crippen LogP contribution < -0.4 is 21.3 Å². The van der Waals surface area contributed by atoms with Gasteiger partial charge in [-0.05, 0) is 74.2 Å². The van der Waals surface area contributed by atoms with Crippen LogP contribution in [0, 0.1) is 13.8 Å². The first-order valence-electron chi connectivity index (χ1n) is 8.13. The Labute approximate surface area is 168 Å². The van der Waals surface area contributed by atoms with Crippen molar-refractivity contribution in [1.82, 2.24) is 10.6 Å². The lowest BCUT2D eigenvalue weighted by Gasteiger charge is -2.12. The lowest BCUT2D eigenvalue weighted by atomic mass is 10.1. The number of anilines is 2. The summed E-state index contributed by atoms with van der Waals surface area (Å²) in [5.74, 6) is -0.500. The molecule has 0 saturated carbocycles. The van der Waals surface area contributed by atoms with Gasteiger partial charge in [0.2, 0.25) is 5.91 Å². The molecule has 8 heteroatoms. The molecule has 0 atom stereocenters. The van der Waals surface area contributed by atoms with E-state index < -0.39 is 0 Å². The van der Waals surface area contributed by atoms with Gasteiger partial charge < -0.3 is 16.0 Å². The number of carbonyl (C=O) groups excluding carboxylic acids is 2. The second-order valence-corrected chi connectivity index (χ2v) is 6.76. The minimum atomic E-state index is -0.260. The quantitative estimate of drug-likeness (QED) is 0.592. The highest BCUT2D eigenvalue weighted by atomic mass is 32.1. The zero-order valence-electron chi connectivity index (χ0n) is 15.2. The van der Waals surface area contributed by atoms with Crippen LogP contribution in [0.4, 0.5) is 11.4 Å². The lowest BCUT2D eigenvalue weighted by Crippen LogP contribution is -2.34. The standard InChI is InChI=1S/C19H20N4O2S2/c1-11-4-9-16(12(2)10-11)17(25)23-19(27)22-15-7-5-14(6-8-15)21-18(26)20-13(3)24/h4-10H,1-3H3,(H2,20,21,24,26)(H2,22,23,25,27). The molecule has 2 amide bonds. The van der Waals surface area contributed by atoms with Crippen LogP contribution >= 0.6 is 24.4 Å². The van der Waals surface area contributed by atoms with Crippen LogP contribution in [0.25, 0.3) is 0 Å². The Morgan fingerprint density at radius 1 is 0.815 bits per heavy atom. The third-order valence-electron chi connectivity index (χ3n) is 3.54. The van der Waals surface area contributed by atoms with Crippen molar-refractivity contribution in [3.05, 3.63) is 59.2 Å². The van der Waals surface area contributed by atoms with Gasteiger partial charge in [-0.15, -0.1) is 0 Å². The first-order chi connectivity index (χ1) is 12.7. The maximum atomic E-state index is 12.3. The molecule has 2 aromatic rings. The summed E-state index contributed by atoms with van der Waals surface area (Å²) in [6.07, 6.45) is 0. The van der Waals surface area contributed by atoms with Gasteiger partial charge in [0.05, 0.1) is 0 Å². The van der Waals surface area contributed by atoms with Crippen molar-refractivity contribution in [3.8, 4) is 0 Å². The van der Waals surface area contributed by atoms with E-state index in [4.69, 9.17) is 24.4 Å². The Bertz CT molecular complexity index is 895. The fraction of sp³-hybridized carbons (Fsp3) is 0.158. The SMILES string of the molecule is CC(=O)NC(=S)Nc1ccc(NC(=S)NC(=O)c2ccc(C)cc2C)cc1. The summed E-state index contributed by atoms with van der Waals surface area (Å²) in [5.41, 5.74) is 3.98. The Morgan fingerprint density at radius 2 is 1.33 bits per heavy atom. The molecule has 27 heavy (non-hydrogen) atoms. The van der Waals surface area contributed by atoms with Crippen LogP contribution in [-0.2, 0) is 4.79 Å². The zero-order valence-corrected chi connectivity index (χ0v) is 16.8. The van der Waals surface area contributed by atoms with Gasteiger partial charge in [0.1, 0.15) is 0 Å². The number of nitrogens with one attached hydrogen (secondary N) is 4. The average Bonchev–Trinajstić information content (AvgIpc) is 2.55. The minimum absolute atomic E-state index is 0.203. The van der Waals surface area contributed by atoms with Crippen molar-refractivity contribution in [2.45, 2.75) is 20.8 Å². The minimum Gasteiger partial charge on any atom is -0.332 e. The molecule has 0 aliphatic rings. The number of hydrogen-bond donors (Lipinski definition) is 4. The van der Waals surface area contributed by atoms with Crippen molar-refractivity contribution in [2.24, 2.45) is 0 Å². The first kappa shape index (κ1) is 20.5. The molecule has 0 bridgehead atoms. The number of amides is 2. The summed E-state index contributed by atoms with van der Waals surface area (Å²) >= 11 is 10.2. The lowest BCUT2D eigenvalue weighted by molar-refractivity contribution is -0.117. The Morgan fingerprint density at radius 3 is 1.81 bits per heavy atom. The number of thiocarbonyl (C=S) groups is 2. The summed E-state index contributed by atoms with van der Waals surface area (Å²) < 4.78 is 0. The van der Waals surface area contributed by atoms with Gasteiger partial charge in [0.15, 0.2) is 10.2 Å². The van der Waals surface area contributed by atoms with Crippen molar-refractivity contribution < 1.29 is 9.59 Å². The second-order valence-electron chi connectivity index (χ2n) is 5.94. The molecule has 4 N–H and O–H groups in total. The number of hydrogen-bond acceptors (Lipinski definition) is 4. The smallest absolute Gasteiger partial charge is 0.257 e. The number of rotatable bonds is 3. The Kier molecular flexibility index (Phi) is 6.98. The van der Waals surface area contributed by atoms with E-state index in [1.54, 1.807) is 30.3 Å². The van der Waals surface area contributed by atoms with Crippen LogP contribution in [0.3, 0.4) is 0 Å². The Balaban J connectivity index is 1.92. The molecule has 0 spiro atoms. The predicted molar refractivity (Wildman–Crippen MR) is 116 cm³/mol. The highest BCUT2D eigenvalue weighted by Crippen LogP contribution is 2.14. The molecule has 0 fully saturated rings. The molecular formula is C19H20N4O2S2. The van der Waals surface area contributed by atoms with E-state index in [1.807, 2.05) is 26.0 Å². The molecule has 0 aliphatic heterocycles. The fourth-order valence-electron chi connectivity index (χ4n) is 2.36. The zero-order chi connectivity index (χ0) is 20.0. The van der Waals surface area contributed by atoms with Crippen molar-refractivity contribution in [2.75, 3.05) is 10.6 Å². The van der Waals surface area contributed by atoms with Crippen LogP contribution in [0.1, 0.15) is 28.4 Å². The molecule has 0 saturated heterocycles. The summed E-state index contributed by atoms with van der Waals surface area (Å²) in [5, 5.41) is 11.4. The summed E-state index contributed by atoms with van der Waals surface area (Å²) in [7, 11) is 0. The highest BCUT2D eigenvalue weighted by Gasteiger charge is 2.11. The number of aryl methyl sites for hydroxylation is 2. The maximum Gasteiger partial charge on any atom is 0.257 e. The second kappa shape index (κ2) is 9.20. The average molecular weight is 401 g/mol. The van der Waals surface area contributed by atoms with Gasteiger partial charge in [-0.2, -0.15) is 0 Å². The van der Waals surface area contributed by atoms with Gasteiger partial charge in [-0.1, -0.05) is 17.7 Å². The van der Waals surface area contributed by atoms with Gasteiger partial charge in [-0.3, -0.25) is 14.9 Å². The third-order valence-corrected chi connectivity index (χ3v) is 3.95. The molecule has 6 nitrogen and oxygen atoms in total. The summed E-state index contributed by atoms with van der Waals surface area (Å²) in [6.45, 7) is 5.24. The maximum absolute atomic E-state index is 12.3. The van der Waals surface area contributed by atoms with E-state index in [0.717, 1.165) is 11.1 Å². The van der Waals surface area contributed by atoms with Crippen molar-refractivity contribution >= 4 is 57.8 Å². The van der Waals surface area contributed by atoms with Gasteiger partial charge >= 0.3 is 0 Å². The van der Waals surface area contributed by atoms with Crippen molar-refractivity contribution in [3.63, 3.8) is 0 Å². The molecule has 0 radical (unpaired) electrons. The van der Waals surface area contributed by atoms with Gasteiger partial charge in [0.25, 0.3) is 5.91 Å². The monoisotopic (exact) mass is 400 g/mol.